The monoisotopic (exact) mass is 279 g/mol. The second kappa shape index (κ2) is 4.97. The number of aliphatic hydroxyl groups is 1. The maximum atomic E-state index is 10.1. The van der Waals surface area contributed by atoms with Gasteiger partial charge in [-0.05, 0) is 6.92 Å². The summed E-state index contributed by atoms with van der Waals surface area (Å²) in [6.07, 6.45) is 1.95. The second-order valence-corrected chi connectivity index (χ2v) is 4.88. The molecule has 0 bridgehead atoms. The van der Waals surface area contributed by atoms with E-state index in [1.165, 1.54) is 6.33 Å². The average Bonchev–Trinajstić information content (AvgIpc) is 3.02. The topological polar surface area (TPSA) is 108 Å². The zero-order valence-electron chi connectivity index (χ0n) is 11.3. The molecule has 0 spiro atoms. The molecule has 1 saturated heterocycles. The van der Waals surface area contributed by atoms with Crippen LogP contribution in [0.25, 0.3) is 11.2 Å². The summed E-state index contributed by atoms with van der Waals surface area (Å²) < 4.78 is 12.8. The predicted molar refractivity (Wildman–Crippen MR) is 70.7 cm³/mol. The number of anilines is 1. The Morgan fingerprint density at radius 1 is 1.50 bits per heavy atom. The summed E-state index contributed by atoms with van der Waals surface area (Å²) in [5.74, 6) is 0.328. The molecule has 3 heterocycles. The molecule has 8 nitrogen and oxygen atoms in total. The van der Waals surface area contributed by atoms with E-state index in [1.54, 1.807) is 18.0 Å². The van der Waals surface area contributed by atoms with Crippen molar-refractivity contribution in [2.24, 2.45) is 0 Å². The van der Waals surface area contributed by atoms with Crippen molar-refractivity contribution in [2.75, 3.05) is 12.8 Å². The highest BCUT2D eigenvalue weighted by atomic mass is 16.6. The van der Waals surface area contributed by atoms with Gasteiger partial charge in [-0.15, -0.1) is 0 Å². The van der Waals surface area contributed by atoms with E-state index in [4.69, 9.17) is 15.2 Å². The van der Waals surface area contributed by atoms with Gasteiger partial charge in [0.15, 0.2) is 11.5 Å². The van der Waals surface area contributed by atoms with Crippen LogP contribution in [-0.2, 0) is 9.47 Å². The minimum absolute atomic E-state index is 0.190. The number of hydrogen-bond donors (Lipinski definition) is 2. The lowest BCUT2D eigenvalue weighted by Gasteiger charge is -2.20. The van der Waals surface area contributed by atoms with Gasteiger partial charge in [-0.2, -0.15) is 0 Å². The number of nitrogen functional groups attached to an aromatic ring is 1. The summed E-state index contributed by atoms with van der Waals surface area (Å²) in [5, 5.41) is 10.1. The van der Waals surface area contributed by atoms with Crippen LogP contribution in [0.2, 0.25) is 0 Å². The van der Waals surface area contributed by atoms with E-state index in [1.807, 2.05) is 6.92 Å². The van der Waals surface area contributed by atoms with Crippen LogP contribution in [0, 0.1) is 0 Å². The Morgan fingerprint density at radius 2 is 2.30 bits per heavy atom. The van der Waals surface area contributed by atoms with Gasteiger partial charge in [-0.1, -0.05) is 0 Å². The van der Waals surface area contributed by atoms with Gasteiger partial charge >= 0.3 is 0 Å². The Kier molecular flexibility index (Phi) is 3.28. The zero-order valence-corrected chi connectivity index (χ0v) is 11.3. The van der Waals surface area contributed by atoms with E-state index in [-0.39, 0.29) is 18.4 Å². The Morgan fingerprint density at radius 3 is 3.05 bits per heavy atom. The lowest BCUT2D eigenvalue weighted by Crippen LogP contribution is -2.33. The molecule has 3 N–H and O–H groups in total. The van der Waals surface area contributed by atoms with E-state index in [9.17, 15) is 5.11 Å². The lowest BCUT2D eigenvalue weighted by atomic mass is 10.1. The van der Waals surface area contributed by atoms with Crippen LogP contribution in [0.3, 0.4) is 0 Å². The van der Waals surface area contributed by atoms with Gasteiger partial charge in [0.2, 0.25) is 0 Å². The van der Waals surface area contributed by atoms with Crippen LogP contribution in [0.4, 0.5) is 5.82 Å². The molecular formula is C12H17N5O3. The molecule has 0 saturated carbocycles. The van der Waals surface area contributed by atoms with Crippen molar-refractivity contribution >= 4 is 17.0 Å². The van der Waals surface area contributed by atoms with E-state index in [0.717, 1.165) is 0 Å². The van der Waals surface area contributed by atoms with E-state index >= 15 is 0 Å². The zero-order chi connectivity index (χ0) is 14.3. The van der Waals surface area contributed by atoms with Crippen molar-refractivity contribution in [1.29, 1.82) is 0 Å². The van der Waals surface area contributed by atoms with Crippen LogP contribution >= 0.6 is 0 Å². The van der Waals surface area contributed by atoms with Crippen LogP contribution in [0.15, 0.2) is 12.7 Å². The number of imidazole rings is 1. The molecule has 2 aromatic rings. The largest absolute Gasteiger partial charge is 0.390 e. The minimum atomic E-state index is -0.591. The fourth-order valence-electron chi connectivity index (χ4n) is 2.49. The number of aliphatic hydroxyl groups excluding tert-OH is 1. The van der Waals surface area contributed by atoms with Gasteiger partial charge in [0.25, 0.3) is 0 Å². The fourth-order valence-corrected chi connectivity index (χ4v) is 2.49. The van der Waals surface area contributed by atoms with Gasteiger partial charge in [-0.25, -0.2) is 15.0 Å². The molecule has 1 unspecified atom stereocenters. The normalized spacial score (nSPS) is 28.1. The molecule has 108 valence electrons. The molecule has 20 heavy (non-hydrogen) atoms. The maximum Gasteiger partial charge on any atom is 0.167 e. The molecule has 0 radical (unpaired) electrons. The lowest BCUT2D eigenvalue weighted by molar-refractivity contribution is -0.0876. The highest BCUT2D eigenvalue weighted by Crippen LogP contribution is 2.33. The summed E-state index contributed by atoms with van der Waals surface area (Å²) in [6.45, 7) is 1.86. The molecular weight excluding hydrogens is 262 g/mol. The maximum absolute atomic E-state index is 10.1. The van der Waals surface area contributed by atoms with Crippen molar-refractivity contribution in [1.82, 2.24) is 19.5 Å². The SMILES string of the molecule is COC(C)[C@H]1O[C@@H](n2cnc3c(N)ncnc32)C[C@@H]1O. The number of nitrogens with zero attached hydrogens (tertiary/aromatic N) is 4. The quantitative estimate of drug-likeness (QED) is 0.819. The van der Waals surface area contributed by atoms with Gasteiger partial charge in [-0.3, -0.25) is 4.57 Å². The Labute approximate surface area is 115 Å². The standard InChI is InChI=1S/C12H17N5O3/c1-6(19-2)10-7(18)3-8(20-10)17-5-16-9-11(13)14-4-15-12(9)17/h4-8,10,18H,3H2,1-2H3,(H2,13,14,15)/t6?,7-,8+,10+/m0/s1. The van der Waals surface area contributed by atoms with Crippen LogP contribution < -0.4 is 5.73 Å². The highest BCUT2D eigenvalue weighted by molar-refractivity contribution is 5.81. The third kappa shape index (κ3) is 2.01. The number of hydrogen-bond acceptors (Lipinski definition) is 7. The number of ether oxygens (including phenoxy) is 2. The van der Waals surface area contributed by atoms with Crippen molar-refractivity contribution < 1.29 is 14.6 Å². The minimum Gasteiger partial charge on any atom is -0.390 e. The summed E-state index contributed by atoms with van der Waals surface area (Å²) in [6, 6.07) is 0. The van der Waals surface area contributed by atoms with Crippen LogP contribution in [0.1, 0.15) is 19.6 Å². The number of aromatic nitrogens is 4. The average molecular weight is 279 g/mol. The molecule has 4 atom stereocenters. The van der Waals surface area contributed by atoms with Gasteiger partial charge in [0, 0.05) is 13.5 Å². The third-order valence-corrected chi connectivity index (χ3v) is 3.67. The Bertz CT molecular complexity index is 616. The first-order valence-corrected chi connectivity index (χ1v) is 6.41. The summed E-state index contributed by atoms with van der Waals surface area (Å²) in [5.41, 5.74) is 6.89. The van der Waals surface area contributed by atoms with E-state index in [2.05, 4.69) is 15.0 Å². The molecule has 8 heteroatoms. The smallest absolute Gasteiger partial charge is 0.167 e. The van der Waals surface area contributed by atoms with E-state index in [0.29, 0.717) is 23.4 Å². The van der Waals surface area contributed by atoms with Gasteiger partial charge in [0.05, 0.1) is 18.5 Å². The number of nitrogens with two attached hydrogens (primary N) is 1. The molecule has 3 rings (SSSR count). The molecule has 0 amide bonds. The molecule has 1 fully saturated rings. The molecule has 1 aliphatic heterocycles. The van der Waals surface area contributed by atoms with Crippen LogP contribution in [-0.4, -0.2) is 50.0 Å². The van der Waals surface area contributed by atoms with Crippen LogP contribution in [0.5, 0.6) is 0 Å². The predicted octanol–water partition coefficient (Wildman–Crippen LogP) is 0.0918. The summed E-state index contributed by atoms with van der Waals surface area (Å²) in [7, 11) is 1.59. The molecule has 2 aromatic heterocycles. The molecule has 0 aromatic carbocycles. The first-order valence-electron chi connectivity index (χ1n) is 6.41. The highest BCUT2D eigenvalue weighted by Gasteiger charge is 2.39. The summed E-state index contributed by atoms with van der Waals surface area (Å²) >= 11 is 0. The Balaban J connectivity index is 1.91. The van der Waals surface area contributed by atoms with Crippen molar-refractivity contribution in [2.45, 2.75) is 37.9 Å². The number of methoxy groups -OCH3 is 1. The van der Waals surface area contributed by atoms with Gasteiger partial charge in [0.1, 0.15) is 24.2 Å². The van der Waals surface area contributed by atoms with Crippen molar-refractivity contribution in [3.63, 3.8) is 0 Å². The molecule has 0 aliphatic carbocycles. The third-order valence-electron chi connectivity index (χ3n) is 3.67. The summed E-state index contributed by atoms with van der Waals surface area (Å²) in [4.78, 5) is 12.3. The van der Waals surface area contributed by atoms with Crippen molar-refractivity contribution in [3.8, 4) is 0 Å². The number of rotatable bonds is 3. The fraction of sp³-hybridized carbons (Fsp3) is 0.583. The molecule has 1 aliphatic rings. The Hall–Kier alpha value is -1.77. The van der Waals surface area contributed by atoms with Gasteiger partial charge < -0.3 is 20.3 Å². The van der Waals surface area contributed by atoms with Crippen molar-refractivity contribution in [3.05, 3.63) is 12.7 Å². The first kappa shape index (κ1) is 13.2. The second-order valence-electron chi connectivity index (χ2n) is 4.88. The van der Waals surface area contributed by atoms with E-state index < -0.39 is 6.10 Å². The number of fused-ring (bicyclic) bond motifs is 1. The first-order chi connectivity index (χ1) is 9.61.